The van der Waals surface area contributed by atoms with Crippen LogP contribution in [0.4, 0.5) is 0 Å². The monoisotopic (exact) mass is 522 g/mol. The molecule has 0 spiro atoms. The Morgan fingerprint density at radius 3 is 2.30 bits per heavy atom. The molecule has 0 unspecified atom stereocenters. The zero-order chi connectivity index (χ0) is 28.4. The van der Waals surface area contributed by atoms with Crippen molar-refractivity contribution in [1.29, 1.82) is 0 Å². The summed E-state index contributed by atoms with van der Waals surface area (Å²) in [7, 11) is 0. The van der Waals surface area contributed by atoms with Crippen LogP contribution < -0.4 is 0 Å². The molecule has 0 saturated heterocycles. The average Bonchev–Trinajstić information content (AvgIpc) is 2.79. The minimum atomic E-state index is -0.986. The summed E-state index contributed by atoms with van der Waals surface area (Å²) in [5.41, 5.74) is 1.92. The molecule has 37 heavy (non-hydrogen) atoms. The fourth-order valence-electron chi connectivity index (χ4n) is 7.03. The summed E-state index contributed by atoms with van der Waals surface area (Å²) in [5, 5.41) is 62.4. The van der Waals surface area contributed by atoms with E-state index in [0.29, 0.717) is 12.8 Å². The van der Waals surface area contributed by atoms with Crippen LogP contribution in [0.2, 0.25) is 0 Å². The highest BCUT2D eigenvalue weighted by atomic mass is 16.4. The van der Waals surface area contributed by atoms with Gasteiger partial charge in [-0.2, -0.15) is 0 Å². The first-order chi connectivity index (χ1) is 17.0. The van der Waals surface area contributed by atoms with Crippen molar-refractivity contribution in [1.82, 2.24) is 0 Å². The van der Waals surface area contributed by atoms with Gasteiger partial charge in [-0.05, 0) is 69.1 Å². The van der Waals surface area contributed by atoms with Gasteiger partial charge in [-0.3, -0.25) is 0 Å². The van der Waals surface area contributed by atoms with Crippen molar-refractivity contribution in [3.8, 4) is 0 Å². The summed E-state index contributed by atoms with van der Waals surface area (Å²) < 4.78 is 0. The zero-order valence-corrected chi connectivity index (χ0v) is 23.8. The molecule has 212 valence electrons. The van der Waals surface area contributed by atoms with Crippen molar-refractivity contribution in [3.05, 3.63) is 34.9 Å². The molecule has 1 fully saturated rings. The number of allylic oxidation sites excluding steroid dienone is 4. The van der Waals surface area contributed by atoms with Gasteiger partial charge in [0.1, 0.15) is 0 Å². The fraction of sp³-hybridized carbons (Fsp3) is 0.767. The fourth-order valence-corrected chi connectivity index (χ4v) is 7.03. The van der Waals surface area contributed by atoms with Crippen LogP contribution in [0.1, 0.15) is 74.7 Å². The van der Waals surface area contributed by atoms with Crippen molar-refractivity contribution in [2.45, 2.75) is 105 Å². The van der Waals surface area contributed by atoms with Crippen molar-refractivity contribution in [2.75, 3.05) is 0 Å². The average molecular weight is 523 g/mol. The number of carboxylic acids is 1. The SMILES string of the molecule is CC1=C[C@]2(C)C[C@H](O)[C@H](O)[C@@H](C)[C@H]2[C@H](/C=C(\C)C(=O)O)[C@H]1/C(C)=C/C[C@@H](O)C[C@H](O)[C@@H](C)[C@H](O)C(C)C. The number of carboxylic acid groups (broad SMARTS) is 1. The molecule has 0 aromatic carbocycles. The first-order valence-corrected chi connectivity index (χ1v) is 13.7. The molecule has 7 heteroatoms. The third kappa shape index (κ3) is 7.12. The molecule has 0 radical (unpaired) electrons. The maximum absolute atomic E-state index is 11.8. The Bertz CT molecular complexity index is 890. The molecule has 0 aromatic rings. The Morgan fingerprint density at radius 2 is 1.76 bits per heavy atom. The van der Waals surface area contributed by atoms with Crippen molar-refractivity contribution < 1.29 is 35.4 Å². The van der Waals surface area contributed by atoms with E-state index in [1.165, 1.54) is 0 Å². The summed E-state index contributed by atoms with van der Waals surface area (Å²) in [6.07, 6.45) is 2.83. The maximum Gasteiger partial charge on any atom is 0.330 e. The van der Waals surface area contributed by atoms with Crippen LogP contribution in [0.25, 0.3) is 0 Å². The van der Waals surface area contributed by atoms with Crippen LogP contribution in [0.15, 0.2) is 34.9 Å². The number of aliphatic hydroxyl groups excluding tert-OH is 5. The van der Waals surface area contributed by atoms with E-state index in [9.17, 15) is 35.4 Å². The topological polar surface area (TPSA) is 138 Å². The van der Waals surface area contributed by atoms with E-state index in [-0.39, 0.29) is 47.5 Å². The predicted octanol–water partition coefficient (Wildman–Crippen LogP) is 3.70. The summed E-state index contributed by atoms with van der Waals surface area (Å²) in [4.78, 5) is 11.8. The maximum atomic E-state index is 11.8. The minimum absolute atomic E-state index is 0.0109. The third-order valence-corrected chi connectivity index (χ3v) is 9.08. The van der Waals surface area contributed by atoms with Gasteiger partial charge in [0.2, 0.25) is 0 Å². The standard InChI is InChI=1S/C30H50O7/c1-15(2)27(34)19(6)23(32)12-21(31)10-9-16(3)25-18(5)13-30(8)14-24(33)28(35)20(7)26(30)22(25)11-17(4)29(36)37/h9,11,13,15,19-28,31-35H,10,12,14H2,1-8H3,(H,36,37)/b16-9+,17-11+/t19-,20+,21-,22-,23+,24+,25+,26+,27-,28-,30-/m1/s1. The van der Waals surface area contributed by atoms with Crippen molar-refractivity contribution >= 4 is 5.97 Å². The van der Waals surface area contributed by atoms with Gasteiger partial charge < -0.3 is 30.6 Å². The number of rotatable bonds is 10. The number of carbonyl (C=O) groups is 1. The molecule has 7 nitrogen and oxygen atoms in total. The van der Waals surface area contributed by atoms with Crippen molar-refractivity contribution in [2.24, 2.45) is 40.9 Å². The second kappa shape index (κ2) is 12.6. The molecule has 1 saturated carbocycles. The summed E-state index contributed by atoms with van der Waals surface area (Å²) in [5.74, 6) is -1.98. The molecule has 2 aliphatic carbocycles. The van der Waals surface area contributed by atoms with Gasteiger partial charge in [0.15, 0.2) is 0 Å². The molecule has 11 atom stereocenters. The van der Waals surface area contributed by atoms with Gasteiger partial charge >= 0.3 is 5.97 Å². The highest BCUT2D eigenvalue weighted by Gasteiger charge is 2.54. The molecule has 2 aliphatic rings. The lowest BCUT2D eigenvalue weighted by molar-refractivity contribution is -0.132. The Hall–Kier alpha value is -1.51. The van der Waals surface area contributed by atoms with Gasteiger partial charge in [0.25, 0.3) is 0 Å². The number of hydrogen-bond donors (Lipinski definition) is 6. The molecule has 0 heterocycles. The van der Waals surface area contributed by atoms with Crippen LogP contribution in [0.5, 0.6) is 0 Å². The Kier molecular flexibility index (Phi) is 10.8. The highest BCUT2D eigenvalue weighted by molar-refractivity contribution is 5.85. The van der Waals surface area contributed by atoms with E-state index in [1.807, 2.05) is 40.7 Å². The Balaban J connectivity index is 2.36. The van der Waals surface area contributed by atoms with Crippen LogP contribution >= 0.6 is 0 Å². The van der Waals surface area contributed by atoms with Crippen molar-refractivity contribution in [3.63, 3.8) is 0 Å². The number of aliphatic carboxylic acids is 1. The molecule has 0 amide bonds. The molecule has 0 bridgehead atoms. The summed E-state index contributed by atoms with van der Waals surface area (Å²) in [6.45, 7) is 15.2. The first kappa shape index (κ1) is 31.7. The Morgan fingerprint density at radius 1 is 1.16 bits per heavy atom. The molecule has 2 rings (SSSR count). The highest BCUT2D eigenvalue weighted by Crippen LogP contribution is 2.57. The molecular formula is C30H50O7. The van der Waals surface area contributed by atoms with Crippen LogP contribution in [0.3, 0.4) is 0 Å². The van der Waals surface area contributed by atoms with E-state index < -0.39 is 41.9 Å². The minimum Gasteiger partial charge on any atom is -0.478 e. The van der Waals surface area contributed by atoms with E-state index in [1.54, 1.807) is 19.9 Å². The lowest BCUT2D eigenvalue weighted by atomic mass is 9.50. The van der Waals surface area contributed by atoms with Gasteiger partial charge in [-0.1, -0.05) is 64.0 Å². The van der Waals surface area contributed by atoms with E-state index in [0.717, 1.165) is 11.1 Å². The van der Waals surface area contributed by atoms with Gasteiger partial charge in [0, 0.05) is 17.4 Å². The summed E-state index contributed by atoms with van der Waals surface area (Å²) in [6, 6.07) is 0. The molecular weight excluding hydrogens is 472 g/mol. The second-order valence-corrected chi connectivity index (χ2v) is 12.5. The van der Waals surface area contributed by atoms with E-state index >= 15 is 0 Å². The first-order valence-electron chi connectivity index (χ1n) is 13.7. The van der Waals surface area contributed by atoms with Crippen LogP contribution in [-0.4, -0.2) is 67.1 Å². The third-order valence-electron chi connectivity index (χ3n) is 9.08. The summed E-state index contributed by atoms with van der Waals surface area (Å²) >= 11 is 0. The molecule has 0 aromatic heterocycles. The van der Waals surface area contributed by atoms with Crippen LogP contribution in [0, 0.1) is 40.9 Å². The van der Waals surface area contributed by atoms with Gasteiger partial charge in [-0.15, -0.1) is 0 Å². The smallest absolute Gasteiger partial charge is 0.330 e. The largest absolute Gasteiger partial charge is 0.478 e. The van der Waals surface area contributed by atoms with Gasteiger partial charge in [-0.25, -0.2) is 4.79 Å². The lowest BCUT2D eigenvalue weighted by Gasteiger charge is -2.55. The number of fused-ring (bicyclic) bond motifs is 1. The Labute approximate surface area is 222 Å². The molecule has 6 N–H and O–H groups in total. The van der Waals surface area contributed by atoms with E-state index in [4.69, 9.17) is 0 Å². The lowest BCUT2D eigenvalue weighted by Crippen LogP contribution is -2.55. The quantitative estimate of drug-likeness (QED) is 0.190. The van der Waals surface area contributed by atoms with E-state index in [2.05, 4.69) is 13.0 Å². The molecule has 0 aliphatic heterocycles. The predicted molar refractivity (Wildman–Crippen MR) is 145 cm³/mol. The zero-order valence-electron chi connectivity index (χ0n) is 23.8. The number of hydrogen-bond acceptors (Lipinski definition) is 6. The normalized spacial score (nSPS) is 36.4. The second-order valence-electron chi connectivity index (χ2n) is 12.5. The number of aliphatic hydroxyl groups is 5. The van der Waals surface area contributed by atoms with Crippen LogP contribution in [-0.2, 0) is 4.79 Å². The van der Waals surface area contributed by atoms with Gasteiger partial charge in [0.05, 0.1) is 30.5 Å².